The van der Waals surface area contributed by atoms with E-state index in [0.717, 1.165) is 12.1 Å². The summed E-state index contributed by atoms with van der Waals surface area (Å²) in [5, 5.41) is 0. The number of ether oxygens (including phenoxy) is 2. The number of ketones is 1. The van der Waals surface area contributed by atoms with Gasteiger partial charge in [0.05, 0.1) is 18.1 Å². The Labute approximate surface area is 166 Å². The molecule has 0 spiro atoms. The fourth-order valence-corrected chi connectivity index (χ4v) is 3.79. The van der Waals surface area contributed by atoms with Crippen LogP contribution >= 0.6 is 0 Å². The van der Waals surface area contributed by atoms with Crippen molar-refractivity contribution in [2.24, 2.45) is 11.1 Å². The molecule has 0 amide bonds. The topological polar surface area (TPSA) is 78.6 Å². The van der Waals surface area contributed by atoms with E-state index < -0.39 is 23.6 Å². The van der Waals surface area contributed by atoms with Crippen LogP contribution in [0, 0.1) is 5.41 Å². The first-order valence-electron chi connectivity index (χ1n) is 9.22. The summed E-state index contributed by atoms with van der Waals surface area (Å²) < 4.78 is 49.6. The molecule has 0 fully saturated rings. The first-order valence-corrected chi connectivity index (χ1v) is 9.22. The molecule has 1 aliphatic carbocycles. The Kier molecular flexibility index (Phi) is 5.23. The first kappa shape index (κ1) is 21.0. The van der Waals surface area contributed by atoms with E-state index in [-0.39, 0.29) is 41.3 Å². The van der Waals surface area contributed by atoms with Crippen LogP contribution in [0.25, 0.3) is 0 Å². The number of esters is 1. The van der Waals surface area contributed by atoms with Crippen molar-refractivity contribution < 1.29 is 32.2 Å². The summed E-state index contributed by atoms with van der Waals surface area (Å²) >= 11 is 0. The molecule has 8 heteroatoms. The molecule has 3 rings (SSSR count). The summed E-state index contributed by atoms with van der Waals surface area (Å²) in [7, 11) is 0. The van der Waals surface area contributed by atoms with Crippen molar-refractivity contribution in [3.63, 3.8) is 0 Å². The summed E-state index contributed by atoms with van der Waals surface area (Å²) in [5.41, 5.74) is 5.35. The van der Waals surface area contributed by atoms with Crippen molar-refractivity contribution in [2.45, 2.75) is 45.7 Å². The predicted octanol–water partition coefficient (Wildman–Crippen LogP) is 4.20. The highest BCUT2D eigenvalue weighted by Gasteiger charge is 2.45. The molecule has 1 aliphatic heterocycles. The van der Waals surface area contributed by atoms with Gasteiger partial charge in [0.1, 0.15) is 11.3 Å². The maximum Gasteiger partial charge on any atom is 0.416 e. The summed E-state index contributed by atoms with van der Waals surface area (Å²) in [6.45, 7) is 5.50. The number of hydrogen-bond donors (Lipinski definition) is 1. The maximum atomic E-state index is 13.0. The molecule has 5 nitrogen and oxygen atoms in total. The van der Waals surface area contributed by atoms with Crippen LogP contribution in [0.2, 0.25) is 0 Å². The van der Waals surface area contributed by atoms with Gasteiger partial charge in [-0.05, 0) is 30.0 Å². The Hall–Kier alpha value is -2.77. The Bertz CT molecular complexity index is 911. The van der Waals surface area contributed by atoms with Crippen molar-refractivity contribution in [3.8, 4) is 0 Å². The van der Waals surface area contributed by atoms with Gasteiger partial charge in [0.2, 0.25) is 5.88 Å². The highest BCUT2D eigenvalue weighted by Crippen LogP contribution is 2.48. The third kappa shape index (κ3) is 4.02. The molecule has 0 bridgehead atoms. The van der Waals surface area contributed by atoms with Crippen molar-refractivity contribution in [3.05, 3.63) is 58.2 Å². The van der Waals surface area contributed by atoms with Crippen LogP contribution in [0.1, 0.15) is 50.7 Å². The molecule has 0 unspecified atom stereocenters. The fourth-order valence-electron chi connectivity index (χ4n) is 3.79. The summed E-state index contributed by atoms with van der Waals surface area (Å²) in [6.07, 6.45) is -3.85. The average Bonchev–Trinajstić information content (AvgIpc) is 2.58. The van der Waals surface area contributed by atoms with E-state index in [4.69, 9.17) is 15.2 Å². The maximum absolute atomic E-state index is 13.0. The van der Waals surface area contributed by atoms with E-state index in [1.807, 2.05) is 13.8 Å². The van der Waals surface area contributed by atoms with E-state index in [9.17, 15) is 22.8 Å². The molecule has 0 saturated carbocycles. The second kappa shape index (κ2) is 7.24. The largest absolute Gasteiger partial charge is 0.462 e. The molecular formula is C21H22F3NO4. The first-order chi connectivity index (χ1) is 13.4. The second-order valence-corrected chi connectivity index (χ2v) is 7.93. The normalized spacial score (nSPS) is 21.6. The van der Waals surface area contributed by atoms with Gasteiger partial charge in [-0.25, -0.2) is 4.79 Å². The smallest absolute Gasteiger partial charge is 0.416 e. The lowest BCUT2D eigenvalue weighted by atomic mass is 9.70. The van der Waals surface area contributed by atoms with Gasteiger partial charge in [-0.15, -0.1) is 0 Å². The van der Waals surface area contributed by atoms with Crippen molar-refractivity contribution in [1.29, 1.82) is 0 Å². The van der Waals surface area contributed by atoms with Gasteiger partial charge in [-0.3, -0.25) is 4.79 Å². The van der Waals surface area contributed by atoms with Gasteiger partial charge in [-0.1, -0.05) is 26.0 Å². The van der Waals surface area contributed by atoms with Crippen LogP contribution in [-0.4, -0.2) is 18.4 Å². The zero-order valence-corrected chi connectivity index (χ0v) is 16.4. The lowest BCUT2D eigenvalue weighted by molar-refractivity contribution is -0.139. The number of halogens is 3. The molecule has 1 aromatic carbocycles. The SMILES string of the molecule is CCOC(=O)C1=C(N)OC2=C(C(=O)CC(C)(C)C2)[C@H]1c1ccc(C(F)(F)F)cc1. The minimum absolute atomic E-state index is 0.0709. The van der Waals surface area contributed by atoms with Crippen molar-refractivity contribution in [2.75, 3.05) is 6.61 Å². The van der Waals surface area contributed by atoms with Crippen LogP contribution < -0.4 is 5.73 Å². The van der Waals surface area contributed by atoms with Gasteiger partial charge in [0, 0.05) is 18.4 Å². The molecule has 1 aromatic rings. The number of carbonyl (C=O) groups is 2. The Balaban J connectivity index is 2.15. The van der Waals surface area contributed by atoms with Crippen LogP contribution in [-0.2, 0) is 25.2 Å². The van der Waals surface area contributed by atoms with E-state index in [0.29, 0.717) is 17.7 Å². The number of benzene rings is 1. The highest BCUT2D eigenvalue weighted by atomic mass is 19.4. The lowest BCUT2D eigenvalue weighted by Gasteiger charge is -2.38. The molecule has 29 heavy (non-hydrogen) atoms. The number of alkyl halides is 3. The number of allylic oxidation sites excluding steroid dienone is 2. The Morgan fingerprint density at radius 3 is 2.41 bits per heavy atom. The molecule has 0 radical (unpaired) electrons. The average molecular weight is 409 g/mol. The van der Waals surface area contributed by atoms with Gasteiger partial charge < -0.3 is 15.2 Å². The summed E-state index contributed by atoms with van der Waals surface area (Å²) in [4.78, 5) is 25.5. The molecule has 1 heterocycles. The molecular weight excluding hydrogens is 387 g/mol. The quantitative estimate of drug-likeness (QED) is 0.757. The number of hydrogen-bond acceptors (Lipinski definition) is 5. The van der Waals surface area contributed by atoms with E-state index >= 15 is 0 Å². The zero-order valence-electron chi connectivity index (χ0n) is 16.4. The summed E-state index contributed by atoms with van der Waals surface area (Å²) in [6, 6.07) is 4.34. The van der Waals surface area contributed by atoms with Crippen LogP contribution in [0.5, 0.6) is 0 Å². The number of rotatable bonds is 3. The van der Waals surface area contributed by atoms with Gasteiger partial charge in [0.25, 0.3) is 0 Å². The third-order valence-corrected chi connectivity index (χ3v) is 5.02. The fraction of sp³-hybridized carbons (Fsp3) is 0.429. The third-order valence-electron chi connectivity index (χ3n) is 5.02. The molecule has 0 aromatic heterocycles. The van der Waals surface area contributed by atoms with Gasteiger partial charge >= 0.3 is 12.1 Å². The number of carbonyl (C=O) groups excluding carboxylic acids is 2. The van der Waals surface area contributed by atoms with Crippen molar-refractivity contribution in [1.82, 2.24) is 0 Å². The van der Waals surface area contributed by atoms with Crippen LogP contribution in [0.4, 0.5) is 13.2 Å². The van der Waals surface area contributed by atoms with E-state index in [1.54, 1.807) is 6.92 Å². The van der Waals surface area contributed by atoms with E-state index in [1.165, 1.54) is 12.1 Å². The minimum Gasteiger partial charge on any atom is -0.462 e. The number of nitrogens with two attached hydrogens (primary N) is 1. The summed E-state index contributed by atoms with van der Waals surface area (Å²) in [5.74, 6) is -1.78. The molecule has 2 N–H and O–H groups in total. The zero-order chi connectivity index (χ0) is 21.6. The van der Waals surface area contributed by atoms with Crippen LogP contribution in [0.15, 0.2) is 47.1 Å². The molecule has 0 saturated heterocycles. The molecule has 156 valence electrons. The Morgan fingerprint density at radius 2 is 1.86 bits per heavy atom. The second-order valence-electron chi connectivity index (χ2n) is 7.93. The predicted molar refractivity (Wildman–Crippen MR) is 98.2 cm³/mol. The highest BCUT2D eigenvalue weighted by molar-refractivity contribution is 6.03. The Morgan fingerprint density at radius 1 is 1.24 bits per heavy atom. The van der Waals surface area contributed by atoms with E-state index in [2.05, 4.69) is 0 Å². The van der Waals surface area contributed by atoms with Gasteiger partial charge in [0.15, 0.2) is 5.78 Å². The van der Waals surface area contributed by atoms with Crippen molar-refractivity contribution >= 4 is 11.8 Å². The van der Waals surface area contributed by atoms with Crippen LogP contribution in [0.3, 0.4) is 0 Å². The number of Topliss-reactive ketones (excluding diaryl/α,β-unsaturated/α-hetero) is 1. The molecule has 2 aliphatic rings. The van der Waals surface area contributed by atoms with Gasteiger partial charge in [-0.2, -0.15) is 13.2 Å². The monoisotopic (exact) mass is 409 g/mol. The molecule has 1 atom stereocenters. The minimum atomic E-state index is -4.50. The lowest BCUT2D eigenvalue weighted by Crippen LogP contribution is -2.35. The standard InChI is InChI=1S/C21H22F3NO4/c1-4-28-19(27)17-15(11-5-7-12(8-6-11)21(22,23)24)16-13(26)9-20(2,3)10-14(16)29-18(17)25/h5-8,15H,4,9-10,25H2,1-3H3/t15-/m1/s1.